The summed E-state index contributed by atoms with van der Waals surface area (Å²) >= 11 is 0. The summed E-state index contributed by atoms with van der Waals surface area (Å²) in [6.45, 7) is 0. The van der Waals surface area contributed by atoms with Crippen molar-refractivity contribution in [2.45, 2.75) is 51.4 Å². The largest absolute Gasteiger partial charge is 0.303 e. The first kappa shape index (κ1) is 14.5. The topological polar surface area (TPSA) is 34.1 Å². The molecule has 0 bridgehead atoms. The zero-order valence-electron chi connectivity index (χ0n) is 9.63. The fourth-order valence-corrected chi connectivity index (χ4v) is 1.10. The third-order valence-corrected chi connectivity index (χ3v) is 1.99. The van der Waals surface area contributed by atoms with Crippen LogP contribution >= 0.6 is 0 Å². The molecule has 0 N–H and O–H groups in total. The van der Waals surface area contributed by atoms with Crippen LogP contribution in [0, 0.1) is 23.7 Å². The highest BCUT2D eigenvalue weighted by Gasteiger charge is 1.84. The molecule has 16 heavy (non-hydrogen) atoms. The molecule has 0 saturated carbocycles. The Bertz CT molecular complexity index is 264. The van der Waals surface area contributed by atoms with Gasteiger partial charge in [0.15, 0.2) is 0 Å². The summed E-state index contributed by atoms with van der Waals surface area (Å²) in [5, 5.41) is 0. The van der Waals surface area contributed by atoms with E-state index in [2.05, 4.69) is 23.7 Å². The summed E-state index contributed by atoms with van der Waals surface area (Å²) in [7, 11) is 0. The van der Waals surface area contributed by atoms with E-state index in [0.29, 0.717) is 12.8 Å². The van der Waals surface area contributed by atoms with Gasteiger partial charge in [0, 0.05) is 25.7 Å². The van der Waals surface area contributed by atoms with Gasteiger partial charge < -0.3 is 9.59 Å². The first-order valence-corrected chi connectivity index (χ1v) is 5.75. The van der Waals surface area contributed by atoms with Crippen molar-refractivity contribution < 1.29 is 9.59 Å². The number of carbonyl (C=O) groups is 2. The Hall–Kier alpha value is -1.54. The molecule has 86 valence electrons. The minimum Gasteiger partial charge on any atom is -0.303 e. The minimum absolute atomic E-state index is 0.629. The predicted octanol–water partition coefficient (Wildman–Crippen LogP) is 2.51. The molecule has 0 aliphatic rings. The van der Waals surface area contributed by atoms with Crippen molar-refractivity contribution in [2.75, 3.05) is 0 Å². The molecule has 0 aromatic heterocycles. The lowest BCUT2D eigenvalue weighted by Crippen LogP contribution is -1.76. The molecular weight excluding hydrogens is 200 g/mol. The van der Waals surface area contributed by atoms with E-state index in [1.165, 1.54) is 0 Å². The molecule has 0 saturated heterocycles. The molecule has 0 aromatic carbocycles. The van der Waals surface area contributed by atoms with Gasteiger partial charge in [0.2, 0.25) is 0 Å². The fourth-order valence-electron chi connectivity index (χ4n) is 1.10. The molecule has 0 fully saturated rings. The number of hydrogen-bond acceptors (Lipinski definition) is 2. The van der Waals surface area contributed by atoms with Gasteiger partial charge in [-0.1, -0.05) is 11.8 Å². The Kier molecular flexibility index (Phi) is 12.2. The maximum absolute atomic E-state index is 10.0. The van der Waals surface area contributed by atoms with Gasteiger partial charge in [0.05, 0.1) is 0 Å². The Morgan fingerprint density at radius 2 is 1.12 bits per heavy atom. The molecule has 2 nitrogen and oxygen atoms in total. The van der Waals surface area contributed by atoms with Crippen LogP contribution < -0.4 is 0 Å². The first-order chi connectivity index (χ1) is 7.91. The molecule has 0 rings (SSSR count). The first-order valence-electron chi connectivity index (χ1n) is 5.75. The second kappa shape index (κ2) is 13.5. The summed E-state index contributed by atoms with van der Waals surface area (Å²) in [4.78, 5) is 20.0. The third kappa shape index (κ3) is 12.5. The summed E-state index contributed by atoms with van der Waals surface area (Å²) in [6.07, 6.45) is 8.52. The van der Waals surface area contributed by atoms with Crippen molar-refractivity contribution in [3.8, 4) is 23.7 Å². The minimum atomic E-state index is 0.629. The van der Waals surface area contributed by atoms with Gasteiger partial charge >= 0.3 is 0 Å². The van der Waals surface area contributed by atoms with E-state index in [-0.39, 0.29) is 0 Å². The van der Waals surface area contributed by atoms with Crippen LogP contribution in [0.1, 0.15) is 51.4 Å². The van der Waals surface area contributed by atoms with Crippen LogP contribution in [0.3, 0.4) is 0 Å². The van der Waals surface area contributed by atoms with Gasteiger partial charge in [-0.25, -0.2) is 0 Å². The van der Waals surface area contributed by atoms with E-state index in [1.54, 1.807) is 0 Å². The van der Waals surface area contributed by atoms with Gasteiger partial charge in [0.25, 0.3) is 0 Å². The summed E-state index contributed by atoms with van der Waals surface area (Å²) < 4.78 is 0. The molecule has 0 aliphatic carbocycles. The molecule has 0 spiro atoms. The zero-order valence-corrected chi connectivity index (χ0v) is 9.63. The second-order valence-electron chi connectivity index (χ2n) is 3.43. The van der Waals surface area contributed by atoms with E-state index >= 15 is 0 Å². The third-order valence-electron chi connectivity index (χ3n) is 1.99. The Morgan fingerprint density at radius 3 is 1.50 bits per heavy atom. The SMILES string of the molecule is O=CCCCCC#CC#CCCCCC=O. The van der Waals surface area contributed by atoms with E-state index in [9.17, 15) is 9.59 Å². The highest BCUT2D eigenvalue weighted by atomic mass is 16.1. The summed E-state index contributed by atoms with van der Waals surface area (Å²) in [5.74, 6) is 11.5. The molecular formula is C14H18O2. The Labute approximate surface area is 97.8 Å². The molecule has 0 aliphatic heterocycles. The molecule has 0 heterocycles. The van der Waals surface area contributed by atoms with Gasteiger partial charge in [-0.15, -0.1) is 0 Å². The van der Waals surface area contributed by atoms with Crippen LogP contribution in [0.25, 0.3) is 0 Å². The highest BCUT2D eigenvalue weighted by Crippen LogP contribution is 1.96. The molecule has 0 aromatic rings. The monoisotopic (exact) mass is 218 g/mol. The van der Waals surface area contributed by atoms with Crippen LogP contribution in [0.15, 0.2) is 0 Å². The van der Waals surface area contributed by atoms with Crippen LogP contribution in [0.5, 0.6) is 0 Å². The molecule has 0 radical (unpaired) electrons. The quantitative estimate of drug-likeness (QED) is 0.356. The van der Waals surface area contributed by atoms with Gasteiger partial charge in [-0.05, 0) is 37.5 Å². The van der Waals surface area contributed by atoms with Crippen LogP contribution in [0.4, 0.5) is 0 Å². The standard InChI is InChI=1S/C14H18O2/c15-13-11-9-7-5-3-1-2-4-6-8-10-12-14-16/h13-14H,5-12H2. The van der Waals surface area contributed by atoms with E-state index in [4.69, 9.17) is 0 Å². The van der Waals surface area contributed by atoms with Crippen LogP contribution in [0.2, 0.25) is 0 Å². The average Bonchev–Trinajstić information content (AvgIpc) is 2.31. The van der Waals surface area contributed by atoms with E-state index < -0.39 is 0 Å². The van der Waals surface area contributed by atoms with Gasteiger partial charge in [-0.2, -0.15) is 0 Å². The number of hydrogen-bond donors (Lipinski definition) is 0. The lowest BCUT2D eigenvalue weighted by Gasteiger charge is -1.87. The second-order valence-corrected chi connectivity index (χ2v) is 3.43. The van der Waals surface area contributed by atoms with Crippen molar-refractivity contribution in [3.05, 3.63) is 0 Å². The molecule has 2 heteroatoms. The van der Waals surface area contributed by atoms with Crippen molar-refractivity contribution in [1.82, 2.24) is 0 Å². The van der Waals surface area contributed by atoms with E-state index in [1.807, 2.05) is 0 Å². The Balaban J connectivity index is 3.33. The van der Waals surface area contributed by atoms with Crippen molar-refractivity contribution in [3.63, 3.8) is 0 Å². The zero-order chi connectivity index (χ0) is 11.9. The smallest absolute Gasteiger partial charge is 0.119 e. The highest BCUT2D eigenvalue weighted by molar-refractivity contribution is 5.49. The lowest BCUT2D eigenvalue weighted by molar-refractivity contribution is -0.108. The maximum Gasteiger partial charge on any atom is 0.119 e. The molecule has 0 amide bonds. The van der Waals surface area contributed by atoms with Crippen LogP contribution in [-0.4, -0.2) is 12.6 Å². The van der Waals surface area contributed by atoms with Crippen molar-refractivity contribution in [2.24, 2.45) is 0 Å². The number of unbranched alkanes of at least 4 members (excludes halogenated alkanes) is 6. The van der Waals surface area contributed by atoms with Crippen molar-refractivity contribution >= 4 is 12.6 Å². The van der Waals surface area contributed by atoms with Gasteiger partial charge in [0.1, 0.15) is 12.6 Å². The predicted molar refractivity (Wildman–Crippen MR) is 64.6 cm³/mol. The normalized spacial score (nSPS) is 8.25. The molecule has 0 unspecified atom stereocenters. The Morgan fingerprint density at radius 1 is 0.688 bits per heavy atom. The van der Waals surface area contributed by atoms with Gasteiger partial charge in [-0.3, -0.25) is 0 Å². The fraction of sp³-hybridized carbons (Fsp3) is 0.571. The van der Waals surface area contributed by atoms with Crippen molar-refractivity contribution in [1.29, 1.82) is 0 Å². The maximum atomic E-state index is 10.0. The van der Waals surface area contributed by atoms with E-state index in [0.717, 1.165) is 51.1 Å². The average molecular weight is 218 g/mol. The number of rotatable bonds is 8. The van der Waals surface area contributed by atoms with Crippen LogP contribution in [-0.2, 0) is 9.59 Å². The summed E-state index contributed by atoms with van der Waals surface area (Å²) in [5.41, 5.74) is 0. The lowest BCUT2D eigenvalue weighted by atomic mass is 10.2. The number of carbonyl (C=O) groups excluding carboxylic acids is 2. The summed E-state index contributed by atoms with van der Waals surface area (Å²) in [6, 6.07) is 0. The molecule has 0 atom stereocenters. The number of aldehydes is 2.